The number of thioether (sulfide) groups is 1. The van der Waals surface area contributed by atoms with Gasteiger partial charge in [0.2, 0.25) is 17.7 Å². The summed E-state index contributed by atoms with van der Waals surface area (Å²) in [5, 5.41) is 14.8. The van der Waals surface area contributed by atoms with E-state index < -0.39 is 30.0 Å². The molecule has 8 nitrogen and oxygen atoms in total. The number of likely N-dealkylation sites (tertiary alicyclic amines) is 1. The SMILES string of the molecule is CC[C@H](C)[C@H](NC(=O)[C@H](C(C)C)N1CCCCC1=O)C(=O)N[C@@H](CCSC)C(=O)O. The van der Waals surface area contributed by atoms with Gasteiger partial charge in [0.25, 0.3) is 0 Å². The molecule has 9 heteroatoms. The summed E-state index contributed by atoms with van der Waals surface area (Å²) in [6.45, 7) is 8.05. The molecule has 0 aromatic carbocycles. The van der Waals surface area contributed by atoms with Crippen LogP contribution in [0.25, 0.3) is 0 Å². The molecule has 1 fully saturated rings. The minimum absolute atomic E-state index is 0.0392. The predicted molar refractivity (Wildman–Crippen MR) is 118 cm³/mol. The highest BCUT2D eigenvalue weighted by molar-refractivity contribution is 7.98. The lowest BCUT2D eigenvalue weighted by Crippen LogP contribution is -2.60. The topological polar surface area (TPSA) is 116 Å². The van der Waals surface area contributed by atoms with Gasteiger partial charge in [-0.1, -0.05) is 34.1 Å². The molecule has 0 aliphatic carbocycles. The van der Waals surface area contributed by atoms with Crippen molar-refractivity contribution in [3.05, 3.63) is 0 Å². The van der Waals surface area contributed by atoms with Gasteiger partial charge in [-0.25, -0.2) is 4.79 Å². The molecule has 3 N–H and O–H groups in total. The fourth-order valence-electron chi connectivity index (χ4n) is 3.62. The van der Waals surface area contributed by atoms with Crippen LogP contribution in [0.2, 0.25) is 0 Å². The van der Waals surface area contributed by atoms with Crippen molar-refractivity contribution in [1.82, 2.24) is 15.5 Å². The third kappa shape index (κ3) is 7.49. The summed E-state index contributed by atoms with van der Waals surface area (Å²) in [5.74, 6) is -1.69. The molecule has 0 aromatic heterocycles. The van der Waals surface area contributed by atoms with E-state index in [4.69, 9.17) is 0 Å². The van der Waals surface area contributed by atoms with E-state index in [9.17, 15) is 24.3 Å². The molecular weight excluding hydrogens is 406 g/mol. The monoisotopic (exact) mass is 443 g/mol. The van der Waals surface area contributed by atoms with Gasteiger partial charge in [-0.2, -0.15) is 11.8 Å². The van der Waals surface area contributed by atoms with Gasteiger partial charge in [-0.3, -0.25) is 14.4 Å². The second-order valence-electron chi connectivity index (χ2n) is 8.29. The van der Waals surface area contributed by atoms with Crippen LogP contribution < -0.4 is 10.6 Å². The van der Waals surface area contributed by atoms with Gasteiger partial charge >= 0.3 is 5.97 Å². The quantitative estimate of drug-likeness (QED) is 0.424. The number of carbonyl (C=O) groups is 4. The van der Waals surface area contributed by atoms with Crippen molar-refractivity contribution in [2.45, 2.75) is 77.9 Å². The zero-order chi connectivity index (χ0) is 22.8. The second-order valence-corrected chi connectivity index (χ2v) is 9.27. The molecule has 3 amide bonds. The molecule has 172 valence electrons. The number of nitrogens with zero attached hydrogens (tertiary/aromatic N) is 1. The Bertz CT molecular complexity index is 613. The van der Waals surface area contributed by atoms with Crippen LogP contribution in [0.5, 0.6) is 0 Å². The Balaban J connectivity index is 2.98. The Labute approximate surface area is 183 Å². The van der Waals surface area contributed by atoms with Crippen molar-refractivity contribution >= 4 is 35.5 Å². The number of carbonyl (C=O) groups excluding carboxylic acids is 3. The highest BCUT2D eigenvalue weighted by Crippen LogP contribution is 2.20. The van der Waals surface area contributed by atoms with E-state index in [2.05, 4.69) is 10.6 Å². The first-order valence-corrected chi connectivity index (χ1v) is 12.1. The molecule has 1 rings (SSSR count). The van der Waals surface area contributed by atoms with Gasteiger partial charge in [0.05, 0.1) is 0 Å². The normalized spacial score (nSPS) is 18.5. The smallest absolute Gasteiger partial charge is 0.326 e. The van der Waals surface area contributed by atoms with Crippen molar-refractivity contribution in [3.8, 4) is 0 Å². The summed E-state index contributed by atoms with van der Waals surface area (Å²) >= 11 is 1.51. The van der Waals surface area contributed by atoms with Crippen molar-refractivity contribution in [2.75, 3.05) is 18.6 Å². The number of rotatable bonds is 12. The van der Waals surface area contributed by atoms with E-state index in [0.29, 0.717) is 31.6 Å². The van der Waals surface area contributed by atoms with Crippen LogP contribution in [-0.4, -0.2) is 70.4 Å². The van der Waals surface area contributed by atoms with Crippen LogP contribution in [0, 0.1) is 11.8 Å². The fourth-order valence-corrected chi connectivity index (χ4v) is 4.09. The molecule has 1 heterocycles. The van der Waals surface area contributed by atoms with Crippen molar-refractivity contribution in [1.29, 1.82) is 0 Å². The summed E-state index contributed by atoms with van der Waals surface area (Å²) in [6.07, 6.45) is 4.92. The first kappa shape index (κ1) is 26.3. The maximum absolute atomic E-state index is 13.2. The molecule has 1 aliphatic heterocycles. The Hall–Kier alpha value is -1.77. The number of piperidine rings is 1. The van der Waals surface area contributed by atoms with E-state index in [1.165, 1.54) is 11.8 Å². The first-order valence-electron chi connectivity index (χ1n) is 10.8. The number of aliphatic carboxylic acids is 1. The summed E-state index contributed by atoms with van der Waals surface area (Å²) in [7, 11) is 0. The van der Waals surface area contributed by atoms with Crippen LogP contribution in [0.15, 0.2) is 0 Å². The molecule has 30 heavy (non-hydrogen) atoms. The third-order valence-corrected chi connectivity index (χ3v) is 6.26. The zero-order valence-corrected chi connectivity index (χ0v) is 19.6. The van der Waals surface area contributed by atoms with E-state index >= 15 is 0 Å². The molecule has 0 aromatic rings. The van der Waals surface area contributed by atoms with Gasteiger partial charge in [0.1, 0.15) is 18.1 Å². The van der Waals surface area contributed by atoms with Crippen LogP contribution >= 0.6 is 11.8 Å². The Morgan fingerprint density at radius 1 is 1.13 bits per heavy atom. The molecule has 1 aliphatic rings. The lowest BCUT2D eigenvalue weighted by molar-refractivity contribution is -0.146. The maximum Gasteiger partial charge on any atom is 0.326 e. The fraction of sp³-hybridized carbons (Fsp3) is 0.810. The zero-order valence-electron chi connectivity index (χ0n) is 18.8. The van der Waals surface area contributed by atoms with E-state index in [0.717, 1.165) is 12.8 Å². The minimum atomic E-state index is -1.09. The highest BCUT2D eigenvalue weighted by Gasteiger charge is 2.37. The van der Waals surface area contributed by atoms with E-state index in [1.807, 2.05) is 34.0 Å². The van der Waals surface area contributed by atoms with Gasteiger partial charge in [-0.15, -0.1) is 0 Å². The van der Waals surface area contributed by atoms with Crippen LogP contribution in [0.4, 0.5) is 0 Å². The van der Waals surface area contributed by atoms with Gasteiger partial charge in [0.15, 0.2) is 0 Å². The van der Waals surface area contributed by atoms with Crippen LogP contribution in [0.3, 0.4) is 0 Å². The van der Waals surface area contributed by atoms with Gasteiger partial charge in [0, 0.05) is 13.0 Å². The number of nitrogens with one attached hydrogen (secondary N) is 2. The number of hydrogen-bond donors (Lipinski definition) is 3. The molecule has 4 atom stereocenters. The average Bonchev–Trinajstić information content (AvgIpc) is 2.69. The summed E-state index contributed by atoms with van der Waals surface area (Å²) in [4.78, 5) is 51.6. The van der Waals surface area contributed by atoms with E-state index in [-0.39, 0.29) is 23.7 Å². The molecule has 0 spiro atoms. The van der Waals surface area contributed by atoms with Crippen molar-refractivity contribution in [3.63, 3.8) is 0 Å². The van der Waals surface area contributed by atoms with Gasteiger partial charge < -0.3 is 20.6 Å². The summed E-state index contributed by atoms with van der Waals surface area (Å²) in [6, 6.07) is -2.51. The average molecular weight is 444 g/mol. The molecule has 0 radical (unpaired) electrons. The standard InChI is InChI=1S/C21H37N3O5S/c1-6-14(4)17(19(26)22-15(21(28)29)10-12-30-5)23-20(27)18(13(2)3)24-11-8-7-9-16(24)25/h13-15,17-18H,6-12H2,1-5H3,(H,22,26)(H,23,27)(H,28,29)/t14-,15-,17-,18-/m0/s1. The molecular formula is C21H37N3O5S. The lowest BCUT2D eigenvalue weighted by atomic mass is 9.94. The third-order valence-electron chi connectivity index (χ3n) is 5.61. The largest absolute Gasteiger partial charge is 0.480 e. The number of amides is 3. The number of hydrogen-bond acceptors (Lipinski definition) is 5. The highest BCUT2D eigenvalue weighted by atomic mass is 32.2. The Kier molecular flexibility index (Phi) is 11.2. The Morgan fingerprint density at radius 3 is 2.30 bits per heavy atom. The molecule has 0 bridgehead atoms. The maximum atomic E-state index is 13.2. The van der Waals surface area contributed by atoms with Crippen LogP contribution in [-0.2, 0) is 19.2 Å². The summed E-state index contributed by atoms with van der Waals surface area (Å²) in [5.41, 5.74) is 0. The minimum Gasteiger partial charge on any atom is -0.480 e. The van der Waals surface area contributed by atoms with E-state index in [1.54, 1.807) is 4.90 Å². The number of carboxylic acids is 1. The Morgan fingerprint density at radius 2 is 1.80 bits per heavy atom. The predicted octanol–water partition coefficient (Wildman–Crippen LogP) is 1.88. The molecule has 1 saturated heterocycles. The van der Waals surface area contributed by atoms with Crippen molar-refractivity contribution < 1.29 is 24.3 Å². The molecule has 0 unspecified atom stereocenters. The lowest BCUT2D eigenvalue weighted by Gasteiger charge is -2.37. The van der Waals surface area contributed by atoms with Gasteiger partial charge in [-0.05, 0) is 43.1 Å². The first-order chi connectivity index (χ1) is 14.1. The second kappa shape index (κ2) is 12.8. The number of carboxylic acid groups (broad SMARTS) is 1. The summed E-state index contributed by atoms with van der Waals surface area (Å²) < 4.78 is 0. The van der Waals surface area contributed by atoms with Crippen molar-refractivity contribution in [2.24, 2.45) is 11.8 Å². The van der Waals surface area contributed by atoms with Crippen LogP contribution in [0.1, 0.15) is 59.8 Å². The molecule has 0 saturated carbocycles.